The van der Waals surface area contributed by atoms with Gasteiger partial charge in [-0.25, -0.2) is 13.2 Å². The number of unbranched alkanes of at least 4 members (excludes halogenated alkanes) is 4. The number of Topliss-reactive ketones (excluding diaryl/α,β-unsaturated/α-hetero) is 1. The largest absolute Gasteiger partial charge is 0.294 e. The lowest BCUT2D eigenvalue weighted by Gasteiger charge is -2.03. The van der Waals surface area contributed by atoms with E-state index in [0.29, 0.717) is 6.42 Å². The molecule has 0 spiro atoms. The maximum atomic E-state index is 12.9. The van der Waals surface area contributed by atoms with E-state index in [2.05, 4.69) is 6.92 Å². The lowest BCUT2D eigenvalue weighted by atomic mass is 10.0. The van der Waals surface area contributed by atoms with Crippen molar-refractivity contribution in [3.8, 4) is 0 Å². The predicted molar refractivity (Wildman–Crippen MR) is 64.0 cm³/mol. The summed E-state index contributed by atoms with van der Waals surface area (Å²) in [6.07, 6.45) is 5.14. The van der Waals surface area contributed by atoms with E-state index in [9.17, 15) is 18.0 Å². The van der Waals surface area contributed by atoms with Crippen LogP contribution >= 0.6 is 0 Å². The first kappa shape index (κ1) is 14.7. The summed E-state index contributed by atoms with van der Waals surface area (Å²) in [6.45, 7) is 2.09. The maximum absolute atomic E-state index is 12.9. The van der Waals surface area contributed by atoms with E-state index in [1.165, 1.54) is 0 Å². The second-order valence-electron chi connectivity index (χ2n) is 4.34. The van der Waals surface area contributed by atoms with Gasteiger partial charge < -0.3 is 0 Å². The summed E-state index contributed by atoms with van der Waals surface area (Å²) < 4.78 is 38.5. The number of halogens is 3. The van der Waals surface area contributed by atoms with E-state index in [-0.39, 0.29) is 17.8 Å². The average molecular weight is 258 g/mol. The van der Waals surface area contributed by atoms with Crippen LogP contribution in [0.1, 0.15) is 55.8 Å². The van der Waals surface area contributed by atoms with Gasteiger partial charge in [0.2, 0.25) is 0 Å². The zero-order valence-corrected chi connectivity index (χ0v) is 10.4. The van der Waals surface area contributed by atoms with Crippen molar-refractivity contribution >= 4 is 5.78 Å². The van der Waals surface area contributed by atoms with Crippen molar-refractivity contribution in [2.75, 3.05) is 0 Å². The minimum absolute atomic E-state index is 0.0955. The molecule has 1 rings (SSSR count). The van der Waals surface area contributed by atoms with Crippen molar-refractivity contribution in [1.29, 1.82) is 0 Å². The number of ketones is 1. The third kappa shape index (κ3) is 4.17. The molecule has 1 nitrogen and oxygen atoms in total. The van der Waals surface area contributed by atoms with Crippen LogP contribution in [-0.4, -0.2) is 5.78 Å². The number of carbonyl (C=O) groups excluding carboxylic acids is 1. The van der Waals surface area contributed by atoms with E-state index in [4.69, 9.17) is 0 Å². The highest BCUT2D eigenvalue weighted by Crippen LogP contribution is 2.16. The normalized spacial score (nSPS) is 10.7. The van der Waals surface area contributed by atoms with Crippen molar-refractivity contribution < 1.29 is 18.0 Å². The van der Waals surface area contributed by atoms with Crippen LogP contribution in [0.5, 0.6) is 0 Å². The van der Waals surface area contributed by atoms with Gasteiger partial charge in [-0.3, -0.25) is 4.79 Å². The topological polar surface area (TPSA) is 17.1 Å². The van der Waals surface area contributed by atoms with E-state index in [0.717, 1.165) is 37.8 Å². The van der Waals surface area contributed by atoms with Crippen LogP contribution < -0.4 is 0 Å². The van der Waals surface area contributed by atoms with Crippen molar-refractivity contribution in [2.45, 2.75) is 45.4 Å². The molecule has 100 valence electrons. The van der Waals surface area contributed by atoms with Crippen LogP contribution in [0.15, 0.2) is 12.1 Å². The standard InChI is InChI=1S/C14H17F3O/c1-2-3-4-5-6-7-13(18)10-8-11(15)14(17)12(16)9-10/h8-9H,2-7H2,1H3. The fraction of sp³-hybridized carbons (Fsp3) is 0.500. The third-order valence-electron chi connectivity index (χ3n) is 2.81. The van der Waals surface area contributed by atoms with Gasteiger partial charge in [0, 0.05) is 12.0 Å². The molecule has 0 fully saturated rings. The summed E-state index contributed by atoms with van der Waals surface area (Å²) >= 11 is 0. The highest BCUT2D eigenvalue weighted by atomic mass is 19.2. The molecule has 0 aliphatic heterocycles. The van der Waals surface area contributed by atoms with Crippen LogP contribution in [-0.2, 0) is 0 Å². The summed E-state index contributed by atoms with van der Waals surface area (Å²) in [7, 11) is 0. The molecule has 0 amide bonds. The maximum Gasteiger partial charge on any atom is 0.194 e. The minimum atomic E-state index is -1.53. The van der Waals surface area contributed by atoms with Gasteiger partial charge in [0.25, 0.3) is 0 Å². The number of rotatable bonds is 7. The molecule has 0 aliphatic rings. The van der Waals surface area contributed by atoms with Crippen molar-refractivity contribution in [1.82, 2.24) is 0 Å². The Morgan fingerprint density at radius 3 is 2.11 bits per heavy atom. The van der Waals surface area contributed by atoms with E-state index in [1.807, 2.05) is 0 Å². The van der Waals surface area contributed by atoms with Crippen LogP contribution in [0.2, 0.25) is 0 Å². The first-order valence-corrected chi connectivity index (χ1v) is 6.24. The quantitative estimate of drug-likeness (QED) is 0.395. The van der Waals surface area contributed by atoms with Crippen molar-refractivity contribution in [3.05, 3.63) is 35.1 Å². The molecule has 0 saturated heterocycles. The van der Waals surface area contributed by atoms with Gasteiger partial charge in [-0.2, -0.15) is 0 Å². The lowest BCUT2D eigenvalue weighted by molar-refractivity contribution is 0.0978. The van der Waals surface area contributed by atoms with Gasteiger partial charge in [0.1, 0.15) is 0 Å². The zero-order valence-electron chi connectivity index (χ0n) is 10.4. The molecule has 0 aromatic heterocycles. The second kappa shape index (κ2) is 7.19. The van der Waals surface area contributed by atoms with Gasteiger partial charge in [-0.1, -0.05) is 32.6 Å². The molecular formula is C14H17F3O. The molecule has 4 heteroatoms. The molecule has 0 aliphatic carbocycles. The molecule has 0 heterocycles. The van der Waals surface area contributed by atoms with Crippen molar-refractivity contribution in [2.24, 2.45) is 0 Å². The van der Waals surface area contributed by atoms with Gasteiger partial charge in [-0.15, -0.1) is 0 Å². The minimum Gasteiger partial charge on any atom is -0.294 e. The molecule has 1 aromatic rings. The number of hydrogen-bond acceptors (Lipinski definition) is 1. The van der Waals surface area contributed by atoms with Gasteiger partial charge in [0.05, 0.1) is 0 Å². The first-order chi connectivity index (χ1) is 8.56. The van der Waals surface area contributed by atoms with E-state index in [1.54, 1.807) is 0 Å². The van der Waals surface area contributed by atoms with Crippen LogP contribution in [0.25, 0.3) is 0 Å². The molecule has 0 unspecified atom stereocenters. The predicted octanol–water partition coefficient (Wildman–Crippen LogP) is 4.65. The molecule has 1 aromatic carbocycles. The number of benzene rings is 1. The summed E-state index contributed by atoms with van der Waals surface area (Å²) in [5.74, 6) is -4.51. The Balaban J connectivity index is 2.52. The Morgan fingerprint density at radius 2 is 1.56 bits per heavy atom. The van der Waals surface area contributed by atoms with Gasteiger partial charge in [0.15, 0.2) is 23.2 Å². The molecule has 0 N–H and O–H groups in total. The fourth-order valence-electron chi connectivity index (χ4n) is 1.75. The van der Waals surface area contributed by atoms with Gasteiger partial charge >= 0.3 is 0 Å². The highest BCUT2D eigenvalue weighted by Gasteiger charge is 2.14. The van der Waals surface area contributed by atoms with Gasteiger partial charge in [-0.05, 0) is 18.6 Å². The summed E-state index contributed by atoms with van der Waals surface area (Å²) in [5, 5.41) is 0. The Hall–Kier alpha value is -1.32. The van der Waals surface area contributed by atoms with Crippen LogP contribution in [0, 0.1) is 17.5 Å². The monoisotopic (exact) mass is 258 g/mol. The molecular weight excluding hydrogens is 241 g/mol. The number of hydrogen-bond donors (Lipinski definition) is 0. The second-order valence-corrected chi connectivity index (χ2v) is 4.34. The fourth-order valence-corrected chi connectivity index (χ4v) is 1.75. The Kier molecular flexibility index (Phi) is 5.89. The van der Waals surface area contributed by atoms with Crippen LogP contribution in [0.4, 0.5) is 13.2 Å². The summed E-state index contributed by atoms with van der Waals surface area (Å²) in [6, 6.07) is 1.51. The SMILES string of the molecule is CCCCCCCC(=O)c1cc(F)c(F)c(F)c1. The lowest BCUT2D eigenvalue weighted by Crippen LogP contribution is -2.03. The third-order valence-corrected chi connectivity index (χ3v) is 2.81. The molecule has 0 saturated carbocycles. The molecule has 0 bridgehead atoms. The van der Waals surface area contributed by atoms with Crippen molar-refractivity contribution in [3.63, 3.8) is 0 Å². The summed E-state index contributed by atoms with van der Waals surface area (Å²) in [5.41, 5.74) is -0.0955. The summed E-state index contributed by atoms with van der Waals surface area (Å²) in [4.78, 5) is 11.6. The van der Waals surface area contributed by atoms with E-state index >= 15 is 0 Å². The number of carbonyl (C=O) groups is 1. The first-order valence-electron chi connectivity index (χ1n) is 6.24. The highest BCUT2D eigenvalue weighted by molar-refractivity contribution is 5.96. The van der Waals surface area contributed by atoms with E-state index < -0.39 is 17.5 Å². The zero-order chi connectivity index (χ0) is 13.5. The van der Waals surface area contributed by atoms with Crippen LogP contribution in [0.3, 0.4) is 0 Å². The molecule has 0 radical (unpaired) electrons. The molecule has 18 heavy (non-hydrogen) atoms. The Bertz CT molecular complexity index is 392. The smallest absolute Gasteiger partial charge is 0.194 e. The Morgan fingerprint density at radius 1 is 1.00 bits per heavy atom. The average Bonchev–Trinajstić information content (AvgIpc) is 2.34. The molecule has 0 atom stereocenters. The Labute approximate surface area is 105 Å².